The summed E-state index contributed by atoms with van der Waals surface area (Å²) in [4.78, 5) is 1.10. The summed E-state index contributed by atoms with van der Waals surface area (Å²) >= 11 is 7.73. The fraction of sp³-hybridized carbons (Fsp3) is 0.455. The first-order valence-corrected chi connectivity index (χ1v) is 6.15. The molecule has 0 radical (unpaired) electrons. The molecule has 0 bridgehead atoms. The van der Waals surface area contributed by atoms with Gasteiger partial charge in [-0.2, -0.15) is 0 Å². The first-order chi connectivity index (χ1) is 6.54. The van der Waals surface area contributed by atoms with Crippen molar-refractivity contribution in [2.45, 2.75) is 31.8 Å². The summed E-state index contributed by atoms with van der Waals surface area (Å²) in [6, 6.07) is 3.95. The van der Waals surface area contributed by atoms with Gasteiger partial charge in [0.2, 0.25) is 0 Å². The van der Waals surface area contributed by atoms with Crippen LogP contribution in [-0.2, 0) is 0 Å². The topological polar surface area (TPSA) is 9.23 Å². The lowest BCUT2D eigenvalue weighted by molar-refractivity contribution is 0.240. The van der Waals surface area contributed by atoms with Gasteiger partial charge in [0.05, 0.1) is 11.1 Å². The Morgan fingerprint density at radius 1 is 1.36 bits per heavy atom. The number of ether oxygens (including phenoxy) is 1. The Kier molecular flexibility index (Phi) is 4.14. The molecule has 1 nitrogen and oxygen atoms in total. The summed E-state index contributed by atoms with van der Waals surface area (Å²) in [5, 5.41) is 0.763. The van der Waals surface area contributed by atoms with Crippen LogP contribution < -0.4 is 4.74 Å². The number of hydrogen-bond acceptors (Lipinski definition) is 2. The molecule has 1 aromatic carbocycles. The van der Waals surface area contributed by atoms with E-state index in [9.17, 15) is 0 Å². The molecule has 0 atom stereocenters. The van der Waals surface area contributed by atoms with Gasteiger partial charge in [-0.3, -0.25) is 0 Å². The zero-order valence-corrected chi connectivity index (χ0v) is 10.5. The minimum Gasteiger partial charge on any atom is -0.491 e. The number of thioether (sulfide) groups is 1. The molecule has 0 N–H and O–H groups in total. The van der Waals surface area contributed by atoms with E-state index in [2.05, 4.69) is 6.07 Å². The lowest BCUT2D eigenvalue weighted by atomic mass is 10.2. The molecule has 0 unspecified atom stereocenters. The third-order valence-corrected chi connectivity index (χ3v) is 3.01. The van der Waals surface area contributed by atoms with Crippen LogP contribution in [0.2, 0.25) is 5.02 Å². The lowest BCUT2D eigenvalue weighted by Crippen LogP contribution is -2.06. The van der Waals surface area contributed by atoms with E-state index in [1.807, 2.05) is 33.1 Å². The van der Waals surface area contributed by atoms with Crippen LogP contribution in [0.4, 0.5) is 0 Å². The molecule has 78 valence electrons. The molecule has 0 aliphatic carbocycles. The summed E-state index contributed by atoms with van der Waals surface area (Å²) in [5.74, 6) is 0.878. The molecule has 0 aliphatic heterocycles. The molecule has 0 aromatic heterocycles. The average Bonchev–Trinajstić information content (AvgIpc) is 2.10. The van der Waals surface area contributed by atoms with Gasteiger partial charge in [-0.15, -0.1) is 11.8 Å². The molecular weight excluding hydrogens is 216 g/mol. The number of rotatable bonds is 3. The summed E-state index contributed by atoms with van der Waals surface area (Å²) in [6.45, 7) is 6.05. The Morgan fingerprint density at radius 3 is 2.50 bits per heavy atom. The lowest BCUT2D eigenvalue weighted by Gasteiger charge is -2.14. The second-order valence-corrected chi connectivity index (χ2v) is 4.67. The maximum Gasteiger partial charge on any atom is 0.124 e. The summed E-state index contributed by atoms with van der Waals surface area (Å²) < 4.78 is 5.63. The first-order valence-electron chi connectivity index (χ1n) is 4.55. The van der Waals surface area contributed by atoms with Crippen LogP contribution in [0.5, 0.6) is 5.75 Å². The molecular formula is C11H15ClOS. The zero-order chi connectivity index (χ0) is 10.7. The maximum absolute atomic E-state index is 6.08. The van der Waals surface area contributed by atoms with Crippen LogP contribution >= 0.6 is 23.4 Å². The number of aryl methyl sites for hydroxylation is 1. The molecule has 0 saturated carbocycles. The Morgan fingerprint density at radius 2 is 2.00 bits per heavy atom. The van der Waals surface area contributed by atoms with E-state index in [1.165, 1.54) is 0 Å². The Hall–Kier alpha value is -0.340. The third kappa shape index (κ3) is 2.82. The van der Waals surface area contributed by atoms with Crippen LogP contribution in [0.25, 0.3) is 0 Å². The second kappa shape index (κ2) is 4.94. The molecule has 1 rings (SSSR count). The highest BCUT2D eigenvalue weighted by Gasteiger charge is 2.07. The van der Waals surface area contributed by atoms with Crippen molar-refractivity contribution in [1.82, 2.24) is 0 Å². The van der Waals surface area contributed by atoms with Crippen molar-refractivity contribution in [2.24, 2.45) is 0 Å². The zero-order valence-electron chi connectivity index (χ0n) is 8.93. The van der Waals surface area contributed by atoms with Gasteiger partial charge in [-0.1, -0.05) is 11.6 Å². The van der Waals surface area contributed by atoms with E-state index in [4.69, 9.17) is 16.3 Å². The summed E-state index contributed by atoms with van der Waals surface area (Å²) in [6.07, 6.45) is 2.20. The Bertz CT molecular complexity index is 323. The largest absolute Gasteiger partial charge is 0.491 e. The van der Waals surface area contributed by atoms with Gasteiger partial charge < -0.3 is 4.74 Å². The van der Waals surface area contributed by atoms with Gasteiger partial charge in [0, 0.05) is 11.0 Å². The predicted molar refractivity (Wildman–Crippen MR) is 63.7 cm³/mol. The standard InChI is InChI=1S/C11H15ClOS/c1-7(2)13-10-6-9(12)11(14-4)5-8(10)3/h5-7H,1-4H3. The van der Waals surface area contributed by atoms with E-state index in [-0.39, 0.29) is 6.10 Å². The highest BCUT2D eigenvalue weighted by Crippen LogP contribution is 2.32. The van der Waals surface area contributed by atoms with E-state index in [1.54, 1.807) is 11.8 Å². The van der Waals surface area contributed by atoms with Crippen molar-refractivity contribution in [3.8, 4) is 5.75 Å². The van der Waals surface area contributed by atoms with Gasteiger partial charge in [0.25, 0.3) is 0 Å². The average molecular weight is 231 g/mol. The SMILES string of the molecule is CSc1cc(C)c(OC(C)C)cc1Cl. The first kappa shape index (κ1) is 11.7. The number of benzene rings is 1. The Balaban J connectivity index is 3.02. The van der Waals surface area contributed by atoms with Crippen molar-refractivity contribution in [3.05, 3.63) is 22.7 Å². The van der Waals surface area contributed by atoms with Crippen molar-refractivity contribution in [1.29, 1.82) is 0 Å². The molecule has 1 aromatic rings. The highest BCUT2D eigenvalue weighted by atomic mass is 35.5. The summed E-state index contributed by atoms with van der Waals surface area (Å²) in [7, 11) is 0. The van der Waals surface area contributed by atoms with Crippen LogP contribution in [0.3, 0.4) is 0 Å². The monoisotopic (exact) mass is 230 g/mol. The van der Waals surface area contributed by atoms with Gasteiger partial charge in [0.15, 0.2) is 0 Å². The maximum atomic E-state index is 6.08. The molecule has 3 heteroatoms. The van der Waals surface area contributed by atoms with Crippen molar-refractivity contribution in [2.75, 3.05) is 6.26 Å². The van der Waals surface area contributed by atoms with Gasteiger partial charge >= 0.3 is 0 Å². The van der Waals surface area contributed by atoms with Gasteiger partial charge in [-0.25, -0.2) is 0 Å². The van der Waals surface area contributed by atoms with Crippen molar-refractivity contribution >= 4 is 23.4 Å². The Labute approximate surface area is 94.8 Å². The second-order valence-electron chi connectivity index (χ2n) is 3.42. The van der Waals surface area contributed by atoms with Crippen LogP contribution in [0, 0.1) is 6.92 Å². The quantitative estimate of drug-likeness (QED) is 0.722. The molecule has 0 heterocycles. The van der Waals surface area contributed by atoms with E-state index in [0.717, 1.165) is 21.2 Å². The minimum atomic E-state index is 0.185. The van der Waals surface area contributed by atoms with E-state index in [0.29, 0.717) is 0 Å². The molecule has 14 heavy (non-hydrogen) atoms. The third-order valence-electron chi connectivity index (χ3n) is 1.81. The number of halogens is 1. The van der Waals surface area contributed by atoms with Gasteiger partial charge in [0.1, 0.15) is 5.75 Å². The van der Waals surface area contributed by atoms with Crippen LogP contribution in [-0.4, -0.2) is 12.4 Å². The molecule has 0 spiro atoms. The van der Waals surface area contributed by atoms with E-state index < -0.39 is 0 Å². The fourth-order valence-electron chi connectivity index (χ4n) is 1.17. The fourth-order valence-corrected chi connectivity index (χ4v) is 2.11. The molecule has 0 fully saturated rings. The van der Waals surface area contributed by atoms with Crippen molar-refractivity contribution in [3.63, 3.8) is 0 Å². The molecule has 0 amide bonds. The molecule has 0 saturated heterocycles. The number of hydrogen-bond donors (Lipinski definition) is 0. The van der Waals surface area contributed by atoms with Crippen LogP contribution in [0.15, 0.2) is 17.0 Å². The van der Waals surface area contributed by atoms with Crippen LogP contribution in [0.1, 0.15) is 19.4 Å². The molecule has 0 aliphatic rings. The smallest absolute Gasteiger partial charge is 0.124 e. The predicted octanol–water partition coefficient (Wildman–Crippen LogP) is 4.16. The van der Waals surface area contributed by atoms with E-state index >= 15 is 0 Å². The minimum absolute atomic E-state index is 0.185. The highest BCUT2D eigenvalue weighted by molar-refractivity contribution is 7.98. The summed E-state index contributed by atoms with van der Waals surface area (Å²) in [5.41, 5.74) is 1.13. The normalized spacial score (nSPS) is 10.7. The van der Waals surface area contributed by atoms with Crippen molar-refractivity contribution < 1.29 is 4.74 Å². The van der Waals surface area contributed by atoms with Gasteiger partial charge in [-0.05, 0) is 38.7 Å².